The molecule has 0 radical (unpaired) electrons. The molecular weight excluding hydrogens is 180 g/mol. The van der Waals surface area contributed by atoms with Gasteiger partial charge in [0.05, 0.1) is 17.4 Å². The minimum atomic E-state index is -0.336. The quantitative estimate of drug-likeness (QED) is 0.732. The second kappa shape index (κ2) is 4.72. The summed E-state index contributed by atoms with van der Waals surface area (Å²) in [5, 5.41) is 0. The van der Waals surface area contributed by atoms with Crippen LogP contribution in [-0.2, 0) is 11.3 Å². The van der Waals surface area contributed by atoms with Gasteiger partial charge in [0.1, 0.15) is 0 Å². The Balaban J connectivity index is 2.79. The number of esters is 1. The maximum atomic E-state index is 11.4. The molecule has 0 aromatic carbocycles. The summed E-state index contributed by atoms with van der Waals surface area (Å²) in [5.74, 6) is -0.336. The number of nitrogens with two attached hydrogens (primary N) is 1. The van der Waals surface area contributed by atoms with Crippen molar-refractivity contribution < 1.29 is 9.53 Å². The van der Waals surface area contributed by atoms with Crippen molar-refractivity contribution in [2.24, 2.45) is 5.73 Å². The van der Waals surface area contributed by atoms with Gasteiger partial charge in [-0.05, 0) is 26.0 Å². The Labute approximate surface area is 83.1 Å². The molecule has 1 aromatic rings. The SMILES string of the molecule is CC(C)OC(=O)c1ccnc(CN)c1. The standard InChI is InChI=1S/C10H14N2O2/c1-7(2)14-10(13)8-3-4-12-9(5-8)6-11/h3-5,7H,6,11H2,1-2H3. The van der Waals surface area contributed by atoms with E-state index in [-0.39, 0.29) is 12.1 Å². The first-order valence-electron chi connectivity index (χ1n) is 4.49. The van der Waals surface area contributed by atoms with Gasteiger partial charge in [-0.3, -0.25) is 4.98 Å². The zero-order valence-corrected chi connectivity index (χ0v) is 8.36. The van der Waals surface area contributed by atoms with Gasteiger partial charge in [-0.15, -0.1) is 0 Å². The number of carbonyl (C=O) groups is 1. The molecule has 0 spiro atoms. The van der Waals surface area contributed by atoms with Crippen LogP contribution in [0.25, 0.3) is 0 Å². The van der Waals surface area contributed by atoms with Crippen LogP contribution in [0.3, 0.4) is 0 Å². The smallest absolute Gasteiger partial charge is 0.338 e. The van der Waals surface area contributed by atoms with Gasteiger partial charge in [0, 0.05) is 12.7 Å². The lowest BCUT2D eigenvalue weighted by atomic mass is 10.2. The summed E-state index contributed by atoms with van der Waals surface area (Å²) in [7, 11) is 0. The van der Waals surface area contributed by atoms with E-state index < -0.39 is 0 Å². The third kappa shape index (κ3) is 2.81. The van der Waals surface area contributed by atoms with Crippen molar-refractivity contribution in [2.45, 2.75) is 26.5 Å². The molecular formula is C10H14N2O2. The molecule has 0 atom stereocenters. The van der Waals surface area contributed by atoms with Crippen LogP contribution in [0.15, 0.2) is 18.3 Å². The van der Waals surface area contributed by atoms with E-state index in [1.807, 2.05) is 13.8 Å². The average Bonchev–Trinajstić information content (AvgIpc) is 2.17. The van der Waals surface area contributed by atoms with E-state index in [4.69, 9.17) is 10.5 Å². The van der Waals surface area contributed by atoms with E-state index in [0.717, 1.165) is 0 Å². The Kier molecular flexibility index (Phi) is 3.59. The van der Waals surface area contributed by atoms with Gasteiger partial charge >= 0.3 is 5.97 Å². The van der Waals surface area contributed by atoms with Gasteiger partial charge in [0.25, 0.3) is 0 Å². The van der Waals surface area contributed by atoms with Crippen LogP contribution in [0.1, 0.15) is 29.9 Å². The number of hydrogen-bond acceptors (Lipinski definition) is 4. The van der Waals surface area contributed by atoms with Crippen LogP contribution in [-0.4, -0.2) is 17.1 Å². The minimum absolute atomic E-state index is 0.114. The Hall–Kier alpha value is -1.42. The number of ether oxygens (including phenoxy) is 1. The van der Waals surface area contributed by atoms with E-state index >= 15 is 0 Å². The van der Waals surface area contributed by atoms with Crippen LogP contribution in [0.5, 0.6) is 0 Å². The molecule has 0 bridgehead atoms. The highest BCUT2D eigenvalue weighted by molar-refractivity contribution is 5.89. The molecule has 0 fully saturated rings. The highest BCUT2D eigenvalue weighted by atomic mass is 16.5. The van der Waals surface area contributed by atoms with Crippen LogP contribution >= 0.6 is 0 Å². The Morgan fingerprint density at radius 2 is 2.36 bits per heavy atom. The van der Waals surface area contributed by atoms with Gasteiger partial charge in [0.15, 0.2) is 0 Å². The second-order valence-corrected chi connectivity index (χ2v) is 3.19. The van der Waals surface area contributed by atoms with Crippen LogP contribution in [0.4, 0.5) is 0 Å². The topological polar surface area (TPSA) is 65.2 Å². The molecule has 4 nitrogen and oxygen atoms in total. The van der Waals surface area contributed by atoms with Crippen molar-refractivity contribution in [2.75, 3.05) is 0 Å². The fourth-order valence-electron chi connectivity index (χ4n) is 0.999. The summed E-state index contributed by atoms with van der Waals surface area (Å²) in [5.41, 5.74) is 6.58. The molecule has 1 heterocycles. The van der Waals surface area contributed by atoms with E-state index in [0.29, 0.717) is 17.8 Å². The van der Waals surface area contributed by atoms with E-state index in [2.05, 4.69) is 4.98 Å². The van der Waals surface area contributed by atoms with Crippen LogP contribution in [0, 0.1) is 0 Å². The molecule has 0 amide bonds. The summed E-state index contributed by atoms with van der Waals surface area (Å²) < 4.78 is 5.03. The average molecular weight is 194 g/mol. The molecule has 0 saturated heterocycles. The lowest BCUT2D eigenvalue weighted by Gasteiger charge is -2.07. The Bertz CT molecular complexity index is 324. The molecule has 0 unspecified atom stereocenters. The maximum absolute atomic E-state index is 11.4. The number of carbonyl (C=O) groups excluding carboxylic acids is 1. The lowest BCUT2D eigenvalue weighted by molar-refractivity contribution is 0.0377. The highest BCUT2D eigenvalue weighted by Gasteiger charge is 2.09. The van der Waals surface area contributed by atoms with E-state index in [1.54, 1.807) is 18.3 Å². The van der Waals surface area contributed by atoms with Crippen molar-refractivity contribution in [1.82, 2.24) is 4.98 Å². The van der Waals surface area contributed by atoms with Crippen LogP contribution in [0.2, 0.25) is 0 Å². The summed E-state index contributed by atoms with van der Waals surface area (Å²) in [6.07, 6.45) is 1.44. The normalized spacial score (nSPS) is 10.3. The first-order valence-corrected chi connectivity index (χ1v) is 4.49. The van der Waals surface area contributed by atoms with E-state index in [1.165, 1.54) is 0 Å². The molecule has 0 saturated carbocycles. The minimum Gasteiger partial charge on any atom is -0.459 e. The second-order valence-electron chi connectivity index (χ2n) is 3.19. The first kappa shape index (κ1) is 10.7. The number of hydrogen-bond donors (Lipinski definition) is 1. The summed E-state index contributed by atoms with van der Waals surface area (Å²) in [4.78, 5) is 15.4. The molecule has 1 rings (SSSR count). The summed E-state index contributed by atoms with van der Waals surface area (Å²) >= 11 is 0. The molecule has 2 N–H and O–H groups in total. The van der Waals surface area contributed by atoms with Crippen molar-refractivity contribution in [3.8, 4) is 0 Å². The maximum Gasteiger partial charge on any atom is 0.338 e. The van der Waals surface area contributed by atoms with Crippen molar-refractivity contribution in [1.29, 1.82) is 0 Å². The molecule has 4 heteroatoms. The molecule has 1 aromatic heterocycles. The zero-order valence-electron chi connectivity index (χ0n) is 8.36. The zero-order chi connectivity index (χ0) is 10.6. The van der Waals surface area contributed by atoms with E-state index in [9.17, 15) is 4.79 Å². The van der Waals surface area contributed by atoms with Crippen molar-refractivity contribution in [3.63, 3.8) is 0 Å². The monoisotopic (exact) mass is 194 g/mol. The lowest BCUT2D eigenvalue weighted by Crippen LogP contribution is -2.12. The molecule has 76 valence electrons. The number of pyridine rings is 1. The third-order valence-electron chi connectivity index (χ3n) is 1.60. The van der Waals surface area contributed by atoms with Gasteiger partial charge in [0.2, 0.25) is 0 Å². The fourth-order valence-corrected chi connectivity index (χ4v) is 0.999. The van der Waals surface area contributed by atoms with Crippen molar-refractivity contribution >= 4 is 5.97 Å². The predicted octanol–water partition coefficient (Wildman–Crippen LogP) is 1.11. The molecule has 0 aliphatic rings. The Morgan fingerprint density at radius 3 is 2.93 bits per heavy atom. The Morgan fingerprint density at radius 1 is 1.64 bits per heavy atom. The van der Waals surface area contributed by atoms with Gasteiger partial charge in [-0.2, -0.15) is 0 Å². The molecule has 0 aliphatic carbocycles. The number of nitrogens with zero attached hydrogens (tertiary/aromatic N) is 1. The number of aromatic nitrogens is 1. The molecule has 0 aliphatic heterocycles. The van der Waals surface area contributed by atoms with Crippen LogP contribution < -0.4 is 5.73 Å². The van der Waals surface area contributed by atoms with Gasteiger partial charge in [-0.1, -0.05) is 0 Å². The van der Waals surface area contributed by atoms with Crippen molar-refractivity contribution in [3.05, 3.63) is 29.6 Å². The van der Waals surface area contributed by atoms with Gasteiger partial charge < -0.3 is 10.5 Å². The van der Waals surface area contributed by atoms with Gasteiger partial charge in [-0.25, -0.2) is 4.79 Å². The highest BCUT2D eigenvalue weighted by Crippen LogP contribution is 2.05. The molecule has 14 heavy (non-hydrogen) atoms. The predicted molar refractivity (Wildman–Crippen MR) is 52.7 cm³/mol. The summed E-state index contributed by atoms with van der Waals surface area (Å²) in [6.45, 7) is 3.94. The fraction of sp³-hybridized carbons (Fsp3) is 0.400. The number of rotatable bonds is 3. The largest absolute Gasteiger partial charge is 0.459 e. The first-order chi connectivity index (χ1) is 6.63. The third-order valence-corrected chi connectivity index (χ3v) is 1.60. The summed E-state index contributed by atoms with van der Waals surface area (Å²) in [6, 6.07) is 3.26.